The van der Waals surface area contributed by atoms with Gasteiger partial charge in [-0.2, -0.15) is 0 Å². The van der Waals surface area contributed by atoms with E-state index in [1.54, 1.807) is 6.92 Å². The molecule has 0 aromatic carbocycles. The highest BCUT2D eigenvalue weighted by Crippen LogP contribution is 2.27. The topological polar surface area (TPSA) is 62.5 Å². The molecule has 0 aliphatic carbocycles. The van der Waals surface area contributed by atoms with Gasteiger partial charge in [-0.3, -0.25) is 4.79 Å². The van der Waals surface area contributed by atoms with E-state index in [1.165, 1.54) is 11.3 Å². The molecular weight excluding hydrogens is 298 g/mol. The summed E-state index contributed by atoms with van der Waals surface area (Å²) in [5.74, 6) is 1.58. The predicted molar refractivity (Wildman–Crippen MR) is 88.5 cm³/mol. The summed E-state index contributed by atoms with van der Waals surface area (Å²) >= 11 is 1.43. The zero-order valence-corrected chi connectivity index (χ0v) is 14.5. The van der Waals surface area contributed by atoms with E-state index in [2.05, 4.69) is 19.2 Å². The summed E-state index contributed by atoms with van der Waals surface area (Å²) in [6.45, 7) is 9.60. The molecule has 0 aliphatic heterocycles. The fourth-order valence-electron chi connectivity index (χ4n) is 2.55. The Labute approximate surface area is 135 Å². The molecule has 0 spiro atoms. The number of thiophene rings is 1. The molecule has 2 aromatic heterocycles. The van der Waals surface area contributed by atoms with E-state index >= 15 is 0 Å². The van der Waals surface area contributed by atoms with E-state index in [0.29, 0.717) is 22.1 Å². The Morgan fingerprint density at radius 3 is 2.68 bits per heavy atom. The third-order valence-electron chi connectivity index (χ3n) is 3.74. The Morgan fingerprint density at radius 2 is 2.14 bits per heavy atom. The number of carbonyl (C=O) groups is 1. The maximum Gasteiger partial charge on any atom is 0.261 e. The van der Waals surface area contributed by atoms with Gasteiger partial charge in [0.05, 0.1) is 11.4 Å². The lowest BCUT2D eigenvalue weighted by Gasteiger charge is -2.23. The number of hydrogen-bond donors (Lipinski definition) is 2. The van der Waals surface area contributed by atoms with Crippen molar-refractivity contribution in [2.24, 2.45) is 0 Å². The van der Waals surface area contributed by atoms with Crippen LogP contribution in [0.25, 0.3) is 0 Å². The van der Waals surface area contributed by atoms with E-state index in [0.717, 1.165) is 11.3 Å². The van der Waals surface area contributed by atoms with Crippen molar-refractivity contribution >= 4 is 17.2 Å². The van der Waals surface area contributed by atoms with E-state index in [4.69, 9.17) is 4.42 Å². The van der Waals surface area contributed by atoms with Crippen LogP contribution < -0.4 is 5.32 Å². The summed E-state index contributed by atoms with van der Waals surface area (Å²) in [6.07, 6.45) is 0. The summed E-state index contributed by atoms with van der Waals surface area (Å²) in [6, 6.07) is 3.79. The zero-order chi connectivity index (χ0) is 16.5. The van der Waals surface area contributed by atoms with Gasteiger partial charge in [0.1, 0.15) is 17.1 Å². The summed E-state index contributed by atoms with van der Waals surface area (Å²) in [5.41, 5.74) is 0.588. The Morgan fingerprint density at radius 1 is 1.45 bits per heavy atom. The molecule has 120 valence electrons. The molecule has 0 fully saturated rings. The molecular formula is C17H23NO3S. The van der Waals surface area contributed by atoms with Crippen LogP contribution in [0.5, 0.6) is 0 Å². The fourth-order valence-corrected chi connectivity index (χ4v) is 3.52. The van der Waals surface area contributed by atoms with Gasteiger partial charge >= 0.3 is 0 Å². The van der Waals surface area contributed by atoms with Crippen molar-refractivity contribution in [3.8, 4) is 0 Å². The Bertz CT molecular complexity index is 667. The molecule has 0 aliphatic rings. The molecule has 2 N–H and O–H groups in total. The van der Waals surface area contributed by atoms with Gasteiger partial charge in [0.15, 0.2) is 0 Å². The summed E-state index contributed by atoms with van der Waals surface area (Å²) in [4.78, 5) is 13.1. The molecule has 0 bridgehead atoms. The minimum absolute atomic E-state index is 0.140. The number of aliphatic hydroxyl groups is 1. The van der Waals surface area contributed by atoms with Gasteiger partial charge in [0, 0.05) is 5.56 Å². The quantitative estimate of drug-likeness (QED) is 0.882. The first-order valence-electron chi connectivity index (χ1n) is 7.38. The van der Waals surface area contributed by atoms with Crippen molar-refractivity contribution in [1.82, 2.24) is 5.32 Å². The van der Waals surface area contributed by atoms with Gasteiger partial charge in [-0.15, -0.1) is 11.3 Å². The lowest BCUT2D eigenvalue weighted by Crippen LogP contribution is -2.38. The lowest BCUT2D eigenvalue weighted by atomic mass is 9.96. The van der Waals surface area contributed by atoms with Crippen molar-refractivity contribution in [1.29, 1.82) is 0 Å². The van der Waals surface area contributed by atoms with Crippen LogP contribution in [0.15, 0.2) is 21.9 Å². The molecule has 5 heteroatoms. The van der Waals surface area contributed by atoms with Gasteiger partial charge in [0.25, 0.3) is 5.91 Å². The second kappa shape index (κ2) is 6.26. The average Bonchev–Trinajstić information content (AvgIpc) is 3.02. The lowest BCUT2D eigenvalue weighted by molar-refractivity contribution is 0.0515. The molecule has 0 radical (unpaired) electrons. The number of furan rings is 1. The highest BCUT2D eigenvalue weighted by atomic mass is 32.1. The standard InChI is InChI=1S/C17H23NO3S/c1-10(2)13-6-7-22-15(13)16(19)18-9-17(5,20)14-8-11(3)21-12(14)4/h6-8,10,20H,9H2,1-5H3,(H,18,19). The van der Waals surface area contributed by atoms with E-state index in [9.17, 15) is 9.90 Å². The van der Waals surface area contributed by atoms with Crippen LogP contribution >= 0.6 is 11.3 Å². The minimum Gasteiger partial charge on any atom is -0.466 e. The van der Waals surface area contributed by atoms with Crippen LogP contribution in [-0.4, -0.2) is 17.6 Å². The zero-order valence-electron chi connectivity index (χ0n) is 13.7. The molecule has 22 heavy (non-hydrogen) atoms. The van der Waals surface area contributed by atoms with Crippen molar-refractivity contribution in [2.75, 3.05) is 6.54 Å². The van der Waals surface area contributed by atoms with Crippen molar-refractivity contribution < 1.29 is 14.3 Å². The maximum atomic E-state index is 12.4. The summed E-state index contributed by atoms with van der Waals surface area (Å²) in [5, 5.41) is 15.4. The third kappa shape index (κ3) is 3.42. The van der Waals surface area contributed by atoms with Gasteiger partial charge in [-0.05, 0) is 49.8 Å². The van der Waals surface area contributed by atoms with Crippen LogP contribution in [0, 0.1) is 13.8 Å². The van der Waals surface area contributed by atoms with E-state index in [-0.39, 0.29) is 12.5 Å². The van der Waals surface area contributed by atoms with Crippen LogP contribution in [0.3, 0.4) is 0 Å². The molecule has 1 unspecified atom stereocenters. The molecule has 2 heterocycles. The summed E-state index contributed by atoms with van der Waals surface area (Å²) in [7, 11) is 0. The first-order chi connectivity index (χ1) is 10.2. The molecule has 1 amide bonds. The number of amides is 1. The van der Waals surface area contributed by atoms with Crippen LogP contribution in [-0.2, 0) is 5.60 Å². The normalized spacial score (nSPS) is 14.1. The molecule has 2 aromatic rings. The highest BCUT2D eigenvalue weighted by molar-refractivity contribution is 7.12. The maximum absolute atomic E-state index is 12.4. The van der Waals surface area contributed by atoms with Crippen LogP contribution in [0.1, 0.15) is 59.0 Å². The number of rotatable bonds is 5. The first kappa shape index (κ1) is 16.8. The molecule has 0 saturated carbocycles. The van der Waals surface area contributed by atoms with Gasteiger partial charge in [-0.1, -0.05) is 13.8 Å². The Balaban J connectivity index is 2.10. The number of carbonyl (C=O) groups excluding carboxylic acids is 1. The van der Waals surface area contributed by atoms with E-state index in [1.807, 2.05) is 31.4 Å². The highest BCUT2D eigenvalue weighted by Gasteiger charge is 2.29. The number of aryl methyl sites for hydroxylation is 2. The Kier molecular flexibility index (Phi) is 4.78. The van der Waals surface area contributed by atoms with Crippen molar-refractivity contribution in [3.63, 3.8) is 0 Å². The average molecular weight is 321 g/mol. The number of hydrogen-bond acceptors (Lipinski definition) is 4. The molecule has 0 saturated heterocycles. The minimum atomic E-state index is -1.16. The predicted octanol–water partition coefficient (Wildman–Crippen LogP) is 3.72. The van der Waals surface area contributed by atoms with Gasteiger partial charge in [0.2, 0.25) is 0 Å². The molecule has 2 rings (SSSR count). The SMILES string of the molecule is Cc1cc(C(C)(O)CNC(=O)c2sccc2C(C)C)c(C)o1. The van der Waals surface area contributed by atoms with Gasteiger partial charge < -0.3 is 14.8 Å². The second-order valence-corrected chi connectivity index (χ2v) is 7.06. The van der Waals surface area contributed by atoms with Crippen LogP contribution in [0.4, 0.5) is 0 Å². The van der Waals surface area contributed by atoms with Crippen LogP contribution in [0.2, 0.25) is 0 Å². The first-order valence-corrected chi connectivity index (χ1v) is 8.26. The molecule has 4 nitrogen and oxygen atoms in total. The monoisotopic (exact) mass is 321 g/mol. The Hall–Kier alpha value is -1.59. The van der Waals surface area contributed by atoms with Gasteiger partial charge in [-0.25, -0.2) is 0 Å². The molecule has 1 atom stereocenters. The fraction of sp³-hybridized carbons (Fsp3) is 0.471. The van der Waals surface area contributed by atoms with Crippen molar-refractivity contribution in [2.45, 2.75) is 46.1 Å². The van der Waals surface area contributed by atoms with E-state index < -0.39 is 5.60 Å². The smallest absolute Gasteiger partial charge is 0.261 e. The third-order valence-corrected chi connectivity index (χ3v) is 4.67. The number of nitrogens with one attached hydrogen (secondary N) is 1. The van der Waals surface area contributed by atoms with Crippen molar-refractivity contribution in [3.05, 3.63) is 45.0 Å². The second-order valence-electron chi connectivity index (χ2n) is 6.14. The largest absolute Gasteiger partial charge is 0.466 e. The summed E-state index contributed by atoms with van der Waals surface area (Å²) < 4.78 is 5.46.